The minimum absolute atomic E-state index is 0.480. The van der Waals surface area contributed by atoms with Crippen molar-refractivity contribution in [1.82, 2.24) is 15.1 Å². The van der Waals surface area contributed by atoms with Crippen molar-refractivity contribution in [3.8, 4) is 0 Å². The summed E-state index contributed by atoms with van der Waals surface area (Å²) in [6.07, 6.45) is 5.73. The highest BCUT2D eigenvalue weighted by Crippen LogP contribution is 2.22. The van der Waals surface area contributed by atoms with E-state index in [1.54, 1.807) is 12.4 Å². The average molecular weight is 260 g/mol. The van der Waals surface area contributed by atoms with Gasteiger partial charge >= 0.3 is 0 Å². The van der Waals surface area contributed by atoms with Crippen LogP contribution in [0.4, 0.5) is 5.95 Å². The summed E-state index contributed by atoms with van der Waals surface area (Å²) in [4.78, 5) is 8.37. The van der Waals surface area contributed by atoms with Gasteiger partial charge in [0.05, 0.1) is 12.2 Å². The molecule has 0 aliphatic heterocycles. The molecule has 0 aliphatic rings. The van der Waals surface area contributed by atoms with Gasteiger partial charge in [-0.3, -0.25) is 0 Å². The maximum absolute atomic E-state index is 5.33. The molecule has 0 fully saturated rings. The van der Waals surface area contributed by atoms with E-state index in [4.69, 9.17) is 4.52 Å². The zero-order chi connectivity index (χ0) is 13.7. The molecule has 0 atom stereocenters. The first kappa shape index (κ1) is 13.5. The fourth-order valence-electron chi connectivity index (χ4n) is 1.96. The standard InChI is InChI=1S/C14H20N4O/c1-4-11(5-2)13-6-12(19-18-13)9-17-14-15-7-10(3)8-16-14/h6-8,11H,4-5,9H2,1-3H3,(H,15,16,17). The summed E-state index contributed by atoms with van der Waals surface area (Å²) in [5.41, 5.74) is 2.08. The first-order valence-electron chi connectivity index (χ1n) is 6.71. The predicted molar refractivity (Wildman–Crippen MR) is 73.9 cm³/mol. The lowest BCUT2D eigenvalue weighted by atomic mass is 9.99. The fourth-order valence-corrected chi connectivity index (χ4v) is 1.96. The molecule has 2 rings (SSSR count). The fraction of sp³-hybridized carbons (Fsp3) is 0.500. The van der Waals surface area contributed by atoms with Crippen LogP contribution in [0.3, 0.4) is 0 Å². The second-order valence-electron chi connectivity index (χ2n) is 4.67. The monoisotopic (exact) mass is 260 g/mol. The maximum atomic E-state index is 5.33. The Morgan fingerprint density at radius 2 is 1.89 bits per heavy atom. The van der Waals surface area contributed by atoms with Gasteiger partial charge < -0.3 is 9.84 Å². The first-order chi connectivity index (χ1) is 9.22. The molecule has 5 nitrogen and oxygen atoms in total. The number of nitrogens with zero attached hydrogens (tertiary/aromatic N) is 3. The van der Waals surface area contributed by atoms with Crippen molar-refractivity contribution >= 4 is 5.95 Å². The van der Waals surface area contributed by atoms with Gasteiger partial charge in [-0.15, -0.1) is 0 Å². The molecule has 1 N–H and O–H groups in total. The molecular weight excluding hydrogens is 240 g/mol. The lowest BCUT2D eigenvalue weighted by molar-refractivity contribution is 0.374. The Morgan fingerprint density at radius 3 is 2.53 bits per heavy atom. The Morgan fingerprint density at radius 1 is 1.21 bits per heavy atom. The molecule has 0 bridgehead atoms. The smallest absolute Gasteiger partial charge is 0.222 e. The Labute approximate surface area is 113 Å². The molecule has 2 aromatic heterocycles. The second-order valence-corrected chi connectivity index (χ2v) is 4.67. The number of hydrogen-bond donors (Lipinski definition) is 1. The minimum Gasteiger partial charge on any atom is -0.359 e. The van der Waals surface area contributed by atoms with Crippen molar-refractivity contribution in [2.45, 2.75) is 46.1 Å². The van der Waals surface area contributed by atoms with E-state index in [-0.39, 0.29) is 0 Å². The molecular formula is C14H20N4O. The van der Waals surface area contributed by atoms with Crippen LogP contribution in [0.15, 0.2) is 23.0 Å². The molecule has 0 aromatic carbocycles. The third kappa shape index (κ3) is 3.53. The summed E-state index contributed by atoms with van der Waals surface area (Å²) in [6.45, 7) is 6.85. The van der Waals surface area contributed by atoms with Crippen LogP contribution >= 0.6 is 0 Å². The SMILES string of the molecule is CCC(CC)c1cc(CNc2ncc(C)cn2)on1. The summed E-state index contributed by atoms with van der Waals surface area (Å²) < 4.78 is 5.33. The lowest BCUT2D eigenvalue weighted by Gasteiger charge is -2.06. The van der Waals surface area contributed by atoms with Crippen LogP contribution in [-0.2, 0) is 6.54 Å². The summed E-state index contributed by atoms with van der Waals surface area (Å²) in [7, 11) is 0. The predicted octanol–water partition coefficient (Wildman–Crippen LogP) is 3.29. The molecule has 0 spiro atoms. The summed E-state index contributed by atoms with van der Waals surface area (Å²) in [6, 6.07) is 2.01. The van der Waals surface area contributed by atoms with Crippen molar-refractivity contribution in [3.05, 3.63) is 35.5 Å². The molecule has 0 saturated carbocycles. The number of aryl methyl sites for hydroxylation is 1. The highest BCUT2D eigenvalue weighted by molar-refractivity contribution is 5.25. The first-order valence-corrected chi connectivity index (χ1v) is 6.71. The number of rotatable bonds is 6. The third-order valence-electron chi connectivity index (χ3n) is 3.18. The van der Waals surface area contributed by atoms with E-state index < -0.39 is 0 Å². The van der Waals surface area contributed by atoms with Crippen molar-refractivity contribution < 1.29 is 4.52 Å². The molecule has 0 radical (unpaired) electrons. The Balaban J connectivity index is 1.95. The number of nitrogens with one attached hydrogen (secondary N) is 1. The molecule has 0 amide bonds. The van der Waals surface area contributed by atoms with E-state index in [1.165, 1.54) is 0 Å². The van der Waals surface area contributed by atoms with Crippen molar-refractivity contribution in [3.63, 3.8) is 0 Å². The highest BCUT2D eigenvalue weighted by Gasteiger charge is 2.12. The number of aromatic nitrogens is 3. The summed E-state index contributed by atoms with van der Waals surface area (Å²) >= 11 is 0. The van der Waals surface area contributed by atoms with Crippen molar-refractivity contribution in [2.24, 2.45) is 0 Å². The van der Waals surface area contributed by atoms with E-state index in [0.29, 0.717) is 18.4 Å². The molecule has 5 heteroatoms. The van der Waals surface area contributed by atoms with Crippen LogP contribution in [0.2, 0.25) is 0 Å². The minimum atomic E-state index is 0.480. The molecule has 102 valence electrons. The zero-order valence-electron chi connectivity index (χ0n) is 11.7. The van der Waals surface area contributed by atoms with Crippen LogP contribution in [0.5, 0.6) is 0 Å². The van der Waals surface area contributed by atoms with Gasteiger partial charge in [0.2, 0.25) is 5.95 Å². The van der Waals surface area contributed by atoms with Gasteiger partial charge in [-0.1, -0.05) is 19.0 Å². The van der Waals surface area contributed by atoms with E-state index in [2.05, 4.69) is 34.3 Å². The molecule has 19 heavy (non-hydrogen) atoms. The lowest BCUT2D eigenvalue weighted by Crippen LogP contribution is -2.02. The molecule has 0 unspecified atom stereocenters. The Hall–Kier alpha value is -1.91. The summed E-state index contributed by atoms with van der Waals surface area (Å²) in [5.74, 6) is 1.89. The normalized spacial score (nSPS) is 10.9. The van der Waals surface area contributed by atoms with Crippen molar-refractivity contribution in [1.29, 1.82) is 0 Å². The van der Waals surface area contributed by atoms with Gasteiger partial charge in [-0.25, -0.2) is 9.97 Å². The van der Waals surface area contributed by atoms with Crippen LogP contribution in [0.1, 0.15) is 49.6 Å². The third-order valence-corrected chi connectivity index (χ3v) is 3.18. The summed E-state index contributed by atoms with van der Waals surface area (Å²) in [5, 5.41) is 7.25. The van der Waals surface area contributed by atoms with E-state index in [9.17, 15) is 0 Å². The molecule has 2 heterocycles. The number of hydrogen-bond acceptors (Lipinski definition) is 5. The van der Waals surface area contributed by atoms with Crippen LogP contribution < -0.4 is 5.32 Å². The molecule has 2 aromatic rings. The highest BCUT2D eigenvalue weighted by atomic mass is 16.5. The van der Waals surface area contributed by atoms with Gasteiger partial charge in [-0.05, 0) is 25.3 Å². The zero-order valence-corrected chi connectivity index (χ0v) is 11.7. The second kappa shape index (κ2) is 6.31. The van der Waals surface area contributed by atoms with Gasteiger partial charge in [0.25, 0.3) is 0 Å². The molecule has 0 aliphatic carbocycles. The van der Waals surface area contributed by atoms with Crippen LogP contribution in [0.25, 0.3) is 0 Å². The van der Waals surface area contributed by atoms with E-state index in [0.717, 1.165) is 29.9 Å². The van der Waals surface area contributed by atoms with Crippen molar-refractivity contribution in [2.75, 3.05) is 5.32 Å². The van der Waals surface area contributed by atoms with Gasteiger partial charge in [0.15, 0.2) is 5.76 Å². The topological polar surface area (TPSA) is 63.8 Å². The Kier molecular flexibility index (Phi) is 4.49. The average Bonchev–Trinajstić information content (AvgIpc) is 2.88. The van der Waals surface area contributed by atoms with Crippen LogP contribution in [0, 0.1) is 6.92 Å². The van der Waals surface area contributed by atoms with Gasteiger partial charge in [0.1, 0.15) is 0 Å². The van der Waals surface area contributed by atoms with Gasteiger partial charge in [-0.2, -0.15) is 0 Å². The largest absolute Gasteiger partial charge is 0.359 e. The Bertz CT molecular complexity index is 502. The quantitative estimate of drug-likeness (QED) is 0.863. The maximum Gasteiger partial charge on any atom is 0.222 e. The van der Waals surface area contributed by atoms with Gasteiger partial charge in [0, 0.05) is 24.4 Å². The van der Waals surface area contributed by atoms with E-state index in [1.807, 2.05) is 13.0 Å². The number of anilines is 1. The van der Waals surface area contributed by atoms with E-state index >= 15 is 0 Å². The van der Waals surface area contributed by atoms with Crippen LogP contribution in [-0.4, -0.2) is 15.1 Å². The molecule has 0 saturated heterocycles.